The third kappa shape index (κ3) is 5.62. The maximum absolute atomic E-state index is 12.7. The summed E-state index contributed by atoms with van der Waals surface area (Å²) in [5.41, 5.74) is 2.45. The van der Waals surface area contributed by atoms with Crippen LogP contribution in [0.2, 0.25) is 0 Å². The number of ether oxygens (including phenoxy) is 1. The average Bonchev–Trinajstić information content (AvgIpc) is 3.16. The summed E-state index contributed by atoms with van der Waals surface area (Å²) in [5, 5.41) is 3.01. The lowest BCUT2D eigenvalue weighted by Crippen LogP contribution is -2.42. The number of amides is 2. The standard InChI is InChI=1S/C23H31N3O3/c1-17-7-9-18(10-8-17)16-24-21(27)20-6-5-13-26(20)19-11-14-25(15-12-19)22(28)29-23(2,3)4/h5-10,13,19H,11-12,14-16H2,1-4H3,(H,24,27). The quantitative estimate of drug-likeness (QED) is 0.837. The molecule has 0 unspecified atom stereocenters. The van der Waals surface area contributed by atoms with E-state index in [0.29, 0.717) is 25.3 Å². The van der Waals surface area contributed by atoms with Crippen LogP contribution < -0.4 is 5.32 Å². The Morgan fingerprint density at radius 2 is 1.76 bits per heavy atom. The van der Waals surface area contributed by atoms with Crippen LogP contribution in [0.5, 0.6) is 0 Å². The number of likely N-dealkylation sites (tertiary alicyclic amines) is 1. The number of benzene rings is 1. The molecule has 156 valence electrons. The van der Waals surface area contributed by atoms with Gasteiger partial charge in [0, 0.05) is 31.9 Å². The minimum Gasteiger partial charge on any atom is -0.444 e. The maximum Gasteiger partial charge on any atom is 0.410 e. The maximum atomic E-state index is 12.7. The Hall–Kier alpha value is -2.76. The summed E-state index contributed by atoms with van der Waals surface area (Å²) in [6.07, 6.45) is 3.28. The summed E-state index contributed by atoms with van der Waals surface area (Å²) in [7, 11) is 0. The van der Waals surface area contributed by atoms with Crippen molar-refractivity contribution in [2.75, 3.05) is 13.1 Å². The Morgan fingerprint density at radius 3 is 2.38 bits per heavy atom. The number of piperidine rings is 1. The van der Waals surface area contributed by atoms with E-state index < -0.39 is 5.60 Å². The summed E-state index contributed by atoms with van der Waals surface area (Å²) in [5.74, 6) is -0.0786. The first kappa shape index (κ1) is 21.0. The summed E-state index contributed by atoms with van der Waals surface area (Å²) in [6.45, 7) is 9.42. The highest BCUT2D eigenvalue weighted by Gasteiger charge is 2.28. The molecule has 2 aromatic rings. The van der Waals surface area contributed by atoms with Gasteiger partial charge in [0.05, 0.1) is 0 Å². The van der Waals surface area contributed by atoms with Gasteiger partial charge >= 0.3 is 6.09 Å². The molecule has 0 saturated carbocycles. The Labute approximate surface area is 172 Å². The lowest BCUT2D eigenvalue weighted by atomic mass is 10.0. The van der Waals surface area contributed by atoms with Crippen molar-refractivity contribution in [1.82, 2.24) is 14.8 Å². The van der Waals surface area contributed by atoms with E-state index in [0.717, 1.165) is 18.4 Å². The van der Waals surface area contributed by atoms with E-state index in [2.05, 4.69) is 5.32 Å². The number of aromatic nitrogens is 1. The minimum atomic E-state index is -0.489. The highest BCUT2D eigenvalue weighted by atomic mass is 16.6. The third-order valence-corrected chi connectivity index (χ3v) is 5.09. The summed E-state index contributed by atoms with van der Waals surface area (Å²) in [4.78, 5) is 26.7. The van der Waals surface area contributed by atoms with Crippen molar-refractivity contribution < 1.29 is 14.3 Å². The molecular weight excluding hydrogens is 366 g/mol. The van der Waals surface area contributed by atoms with Crippen LogP contribution in [0.1, 0.15) is 61.3 Å². The molecule has 1 saturated heterocycles. The highest BCUT2D eigenvalue weighted by Crippen LogP contribution is 2.25. The molecule has 1 fully saturated rings. The number of carbonyl (C=O) groups is 2. The van der Waals surface area contributed by atoms with E-state index in [1.54, 1.807) is 4.90 Å². The minimum absolute atomic E-state index is 0.0786. The molecular formula is C23H31N3O3. The van der Waals surface area contributed by atoms with Gasteiger partial charge < -0.3 is 19.5 Å². The van der Waals surface area contributed by atoms with E-state index in [9.17, 15) is 9.59 Å². The zero-order chi connectivity index (χ0) is 21.0. The fourth-order valence-electron chi connectivity index (χ4n) is 3.54. The number of rotatable bonds is 4. The van der Waals surface area contributed by atoms with Gasteiger partial charge in [-0.3, -0.25) is 4.79 Å². The van der Waals surface area contributed by atoms with Crippen LogP contribution in [0, 0.1) is 6.92 Å². The summed E-state index contributed by atoms with van der Waals surface area (Å²) >= 11 is 0. The van der Waals surface area contributed by atoms with Crippen molar-refractivity contribution in [3.8, 4) is 0 Å². The molecule has 29 heavy (non-hydrogen) atoms. The molecule has 1 N–H and O–H groups in total. The average molecular weight is 398 g/mol. The monoisotopic (exact) mass is 397 g/mol. The van der Waals surface area contributed by atoms with E-state index in [4.69, 9.17) is 4.74 Å². The first-order chi connectivity index (χ1) is 13.7. The molecule has 0 radical (unpaired) electrons. The molecule has 6 nitrogen and oxygen atoms in total. The Bertz CT molecular complexity index is 841. The second-order valence-corrected chi connectivity index (χ2v) is 8.67. The fourth-order valence-corrected chi connectivity index (χ4v) is 3.54. The van der Waals surface area contributed by atoms with Gasteiger partial charge in [0.25, 0.3) is 5.91 Å². The van der Waals surface area contributed by atoms with Crippen molar-refractivity contribution in [2.45, 2.75) is 58.7 Å². The highest BCUT2D eigenvalue weighted by molar-refractivity contribution is 5.92. The predicted molar refractivity (Wildman–Crippen MR) is 113 cm³/mol. The second kappa shape index (κ2) is 8.72. The van der Waals surface area contributed by atoms with Gasteiger partial charge in [0.15, 0.2) is 0 Å². The third-order valence-electron chi connectivity index (χ3n) is 5.09. The van der Waals surface area contributed by atoms with E-state index >= 15 is 0 Å². The molecule has 0 bridgehead atoms. The lowest BCUT2D eigenvalue weighted by molar-refractivity contribution is 0.0187. The molecule has 1 aromatic heterocycles. The largest absolute Gasteiger partial charge is 0.444 e. The summed E-state index contributed by atoms with van der Waals surface area (Å²) in [6, 6.07) is 12.1. The molecule has 0 atom stereocenters. The lowest BCUT2D eigenvalue weighted by Gasteiger charge is -2.34. The van der Waals surface area contributed by atoms with E-state index in [1.165, 1.54) is 5.56 Å². The summed E-state index contributed by atoms with van der Waals surface area (Å²) < 4.78 is 7.50. The van der Waals surface area contributed by atoms with Gasteiger partial charge in [-0.2, -0.15) is 0 Å². The van der Waals surface area contributed by atoms with E-state index in [-0.39, 0.29) is 18.0 Å². The first-order valence-electron chi connectivity index (χ1n) is 10.2. The predicted octanol–water partition coefficient (Wildman–Crippen LogP) is 4.30. The van der Waals surface area contributed by atoms with Gasteiger partial charge in [-0.15, -0.1) is 0 Å². The van der Waals surface area contributed by atoms with Gasteiger partial charge in [-0.1, -0.05) is 29.8 Å². The Kier molecular flexibility index (Phi) is 6.30. The fraction of sp³-hybridized carbons (Fsp3) is 0.478. The molecule has 2 amide bonds. The van der Waals surface area contributed by atoms with Gasteiger partial charge in [-0.05, 0) is 58.2 Å². The van der Waals surface area contributed by atoms with Crippen LogP contribution in [-0.2, 0) is 11.3 Å². The number of nitrogens with one attached hydrogen (secondary N) is 1. The molecule has 6 heteroatoms. The molecule has 1 aliphatic rings. The van der Waals surface area contributed by atoms with Gasteiger partial charge in [0.1, 0.15) is 11.3 Å². The SMILES string of the molecule is Cc1ccc(CNC(=O)c2cccn2C2CCN(C(=O)OC(C)(C)C)CC2)cc1. The normalized spacial score (nSPS) is 15.2. The van der Waals surface area contributed by atoms with Crippen molar-refractivity contribution >= 4 is 12.0 Å². The zero-order valence-electron chi connectivity index (χ0n) is 17.8. The molecule has 2 heterocycles. The molecule has 0 aliphatic carbocycles. The van der Waals surface area contributed by atoms with Crippen LogP contribution in [0.15, 0.2) is 42.6 Å². The Balaban J connectivity index is 1.57. The topological polar surface area (TPSA) is 63.6 Å². The van der Waals surface area contributed by atoms with Crippen LogP contribution in [0.25, 0.3) is 0 Å². The number of carbonyl (C=O) groups excluding carboxylic acids is 2. The number of aryl methyl sites for hydroxylation is 1. The zero-order valence-corrected chi connectivity index (χ0v) is 17.8. The van der Waals surface area contributed by atoms with E-state index in [1.807, 2.05) is 74.9 Å². The van der Waals surface area contributed by atoms with Crippen molar-refractivity contribution in [3.05, 3.63) is 59.4 Å². The van der Waals surface area contributed by atoms with Gasteiger partial charge in [0.2, 0.25) is 0 Å². The smallest absolute Gasteiger partial charge is 0.410 e. The van der Waals surface area contributed by atoms with Crippen molar-refractivity contribution in [1.29, 1.82) is 0 Å². The molecule has 1 aromatic carbocycles. The van der Waals surface area contributed by atoms with Crippen LogP contribution >= 0.6 is 0 Å². The second-order valence-electron chi connectivity index (χ2n) is 8.67. The van der Waals surface area contributed by atoms with Crippen molar-refractivity contribution in [3.63, 3.8) is 0 Å². The van der Waals surface area contributed by atoms with Gasteiger partial charge in [-0.25, -0.2) is 4.79 Å². The molecule has 1 aliphatic heterocycles. The first-order valence-corrected chi connectivity index (χ1v) is 10.2. The number of hydrogen-bond donors (Lipinski definition) is 1. The Morgan fingerprint density at radius 1 is 1.10 bits per heavy atom. The van der Waals surface area contributed by atoms with Crippen LogP contribution in [0.3, 0.4) is 0 Å². The van der Waals surface area contributed by atoms with Crippen LogP contribution in [0.4, 0.5) is 4.79 Å². The van der Waals surface area contributed by atoms with Crippen LogP contribution in [-0.4, -0.2) is 40.2 Å². The van der Waals surface area contributed by atoms with Crippen molar-refractivity contribution in [2.24, 2.45) is 0 Å². The number of hydrogen-bond acceptors (Lipinski definition) is 3. The molecule has 0 spiro atoms. The molecule has 3 rings (SSSR count). The number of nitrogens with zero attached hydrogens (tertiary/aromatic N) is 2.